The van der Waals surface area contributed by atoms with Crippen LogP contribution < -0.4 is 10.1 Å². The van der Waals surface area contributed by atoms with E-state index in [9.17, 15) is 9.59 Å². The lowest BCUT2D eigenvalue weighted by atomic mass is 10.1. The Kier molecular flexibility index (Phi) is 8.10. The van der Waals surface area contributed by atoms with Crippen molar-refractivity contribution in [3.05, 3.63) is 65.7 Å². The highest BCUT2D eigenvalue weighted by molar-refractivity contribution is 6.06. The van der Waals surface area contributed by atoms with E-state index in [1.807, 2.05) is 24.3 Å². The number of para-hydroxylation sites is 1. The standard InChI is InChI=1S/C22H25NO4/c1-3-5-16-27-18-13-10-17(11-14-18)12-15-21(24)23-20-9-7-6-8-19(20)22(25)26-4-2/h6-15H,3-5,16H2,1-2H3,(H,23,24)/b15-12+. The van der Waals surface area contributed by atoms with Gasteiger partial charge in [0.05, 0.1) is 24.5 Å². The predicted octanol–water partition coefficient (Wildman–Crippen LogP) is 4.69. The van der Waals surface area contributed by atoms with Crippen molar-refractivity contribution >= 4 is 23.6 Å². The van der Waals surface area contributed by atoms with E-state index in [0.717, 1.165) is 24.2 Å². The van der Waals surface area contributed by atoms with Gasteiger partial charge in [0.15, 0.2) is 0 Å². The van der Waals surface area contributed by atoms with Gasteiger partial charge in [0.1, 0.15) is 5.75 Å². The van der Waals surface area contributed by atoms with Crippen LogP contribution in [-0.4, -0.2) is 25.1 Å². The molecule has 0 radical (unpaired) electrons. The van der Waals surface area contributed by atoms with Crippen molar-refractivity contribution in [3.63, 3.8) is 0 Å². The van der Waals surface area contributed by atoms with Crippen molar-refractivity contribution in [2.24, 2.45) is 0 Å². The molecule has 2 aromatic carbocycles. The molecule has 0 aromatic heterocycles. The molecular formula is C22H25NO4. The topological polar surface area (TPSA) is 64.6 Å². The Labute approximate surface area is 160 Å². The van der Waals surface area contributed by atoms with Gasteiger partial charge in [-0.25, -0.2) is 4.79 Å². The molecule has 0 fully saturated rings. The summed E-state index contributed by atoms with van der Waals surface area (Å²) in [6, 6.07) is 14.3. The largest absolute Gasteiger partial charge is 0.494 e. The van der Waals surface area contributed by atoms with Crippen molar-refractivity contribution < 1.29 is 19.1 Å². The van der Waals surface area contributed by atoms with Crippen LogP contribution in [0.4, 0.5) is 5.69 Å². The zero-order valence-corrected chi connectivity index (χ0v) is 15.7. The maximum atomic E-state index is 12.2. The molecular weight excluding hydrogens is 342 g/mol. The smallest absolute Gasteiger partial charge is 0.340 e. The molecule has 0 saturated carbocycles. The highest BCUT2D eigenvalue weighted by atomic mass is 16.5. The number of hydrogen-bond donors (Lipinski definition) is 1. The van der Waals surface area contributed by atoms with Gasteiger partial charge in [-0.2, -0.15) is 0 Å². The fourth-order valence-electron chi connectivity index (χ4n) is 2.33. The van der Waals surface area contributed by atoms with Crippen LogP contribution in [0.15, 0.2) is 54.6 Å². The lowest BCUT2D eigenvalue weighted by Gasteiger charge is -2.08. The minimum atomic E-state index is -0.462. The number of nitrogens with one attached hydrogen (secondary N) is 1. The first kappa shape index (κ1) is 20.2. The van der Waals surface area contributed by atoms with E-state index in [1.165, 1.54) is 6.08 Å². The van der Waals surface area contributed by atoms with Crippen LogP contribution in [0.3, 0.4) is 0 Å². The van der Waals surface area contributed by atoms with Crippen molar-refractivity contribution in [2.75, 3.05) is 18.5 Å². The summed E-state index contributed by atoms with van der Waals surface area (Å²) < 4.78 is 10.6. The monoisotopic (exact) mass is 367 g/mol. The van der Waals surface area contributed by atoms with Crippen LogP contribution in [0, 0.1) is 0 Å². The Hall–Kier alpha value is -3.08. The lowest BCUT2D eigenvalue weighted by molar-refractivity contribution is -0.111. The summed E-state index contributed by atoms with van der Waals surface area (Å²) in [5, 5.41) is 2.71. The molecule has 1 N–H and O–H groups in total. The van der Waals surface area contributed by atoms with Crippen LogP contribution in [-0.2, 0) is 9.53 Å². The molecule has 142 valence electrons. The highest BCUT2D eigenvalue weighted by Gasteiger charge is 2.12. The van der Waals surface area contributed by atoms with E-state index in [-0.39, 0.29) is 12.5 Å². The summed E-state index contributed by atoms with van der Waals surface area (Å²) in [7, 11) is 0. The number of carbonyl (C=O) groups excluding carboxylic acids is 2. The Morgan fingerprint density at radius 2 is 1.78 bits per heavy atom. The van der Waals surface area contributed by atoms with E-state index < -0.39 is 5.97 Å². The van der Waals surface area contributed by atoms with Gasteiger partial charge in [0.25, 0.3) is 0 Å². The van der Waals surface area contributed by atoms with E-state index in [0.29, 0.717) is 17.9 Å². The van der Waals surface area contributed by atoms with E-state index in [1.54, 1.807) is 37.3 Å². The third kappa shape index (κ3) is 6.62. The average Bonchev–Trinajstić information content (AvgIpc) is 2.68. The number of carbonyl (C=O) groups is 2. The first-order valence-corrected chi connectivity index (χ1v) is 9.12. The molecule has 2 aromatic rings. The maximum Gasteiger partial charge on any atom is 0.340 e. The third-order valence-electron chi connectivity index (χ3n) is 3.75. The number of hydrogen-bond acceptors (Lipinski definition) is 4. The molecule has 0 saturated heterocycles. The van der Waals surface area contributed by atoms with Gasteiger partial charge in [0.2, 0.25) is 5.91 Å². The Morgan fingerprint density at radius 3 is 2.48 bits per heavy atom. The molecule has 0 aliphatic rings. The van der Waals surface area contributed by atoms with E-state index in [2.05, 4.69) is 12.2 Å². The first-order valence-electron chi connectivity index (χ1n) is 9.12. The molecule has 0 unspecified atom stereocenters. The average molecular weight is 367 g/mol. The van der Waals surface area contributed by atoms with Crippen LogP contribution in [0.25, 0.3) is 6.08 Å². The molecule has 0 heterocycles. The normalized spacial score (nSPS) is 10.6. The zero-order valence-electron chi connectivity index (χ0n) is 15.7. The first-order chi connectivity index (χ1) is 13.1. The quantitative estimate of drug-likeness (QED) is 0.397. The molecule has 2 rings (SSSR count). The number of ether oxygens (including phenoxy) is 2. The van der Waals surface area contributed by atoms with Crippen LogP contribution >= 0.6 is 0 Å². The zero-order chi connectivity index (χ0) is 19.5. The second kappa shape index (κ2) is 10.8. The van der Waals surface area contributed by atoms with Crippen LogP contribution in [0.5, 0.6) is 5.75 Å². The SMILES string of the molecule is CCCCOc1ccc(/C=C/C(=O)Nc2ccccc2C(=O)OCC)cc1. The number of rotatable bonds is 9. The van der Waals surface area contributed by atoms with Gasteiger partial charge in [0, 0.05) is 6.08 Å². The summed E-state index contributed by atoms with van der Waals surface area (Å²) in [5.74, 6) is 0.0273. The van der Waals surface area contributed by atoms with Gasteiger partial charge in [-0.1, -0.05) is 37.6 Å². The summed E-state index contributed by atoms with van der Waals surface area (Å²) >= 11 is 0. The molecule has 5 nitrogen and oxygen atoms in total. The molecule has 0 atom stereocenters. The minimum Gasteiger partial charge on any atom is -0.494 e. The van der Waals surface area contributed by atoms with Gasteiger partial charge in [-0.3, -0.25) is 4.79 Å². The second-order valence-corrected chi connectivity index (χ2v) is 5.86. The molecule has 1 amide bonds. The van der Waals surface area contributed by atoms with Crippen molar-refractivity contribution in [2.45, 2.75) is 26.7 Å². The van der Waals surface area contributed by atoms with Gasteiger partial charge >= 0.3 is 5.97 Å². The van der Waals surface area contributed by atoms with Gasteiger partial charge in [-0.15, -0.1) is 0 Å². The Bertz CT molecular complexity index is 781. The van der Waals surface area contributed by atoms with Crippen LogP contribution in [0.1, 0.15) is 42.6 Å². The number of esters is 1. The molecule has 5 heteroatoms. The summed E-state index contributed by atoms with van der Waals surface area (Å²) in [6.45, 7) is 4.84. The lowest BCUT2D eigenvalue weighted by Crippen LogP contribution is -2.13. The van der Waals surface area contributed by atoms with Crippen molar-refractivity contribution in [1.29, 1.82) is 0 Å². The molecule has 0 bridgehead atoms. The summed E-state index contributed by atoms with van der Waals surface area (Å²) in [5.41, 5.74) is 1.63. The second-order valence-electron chi connectivity index (χ2n) is 5.86. The number of benzene rings is 2. The van der Waals surface area contributed by atoms with E-state index >= 15 is 0 Å². The third-order valence-corrected chi connectivity index (χ3v) is 3.75. The van der Waals surface area contributed by atoms with Crippen LogP contribution in [0.2, 0.25) is 0 Å². The number of unbranched alkanes of at least 4 members (excludes halogenated alkanes) is 1. The van der Waals surface area contributed by atoms with Gasteiger partial charge < -0.3 is 14.8 Å². The Balaban J connectivity index is 1.96. The maximum absolute atomic E-state index is 12.2. The van der Waals surface area contributed by atoms with E-state index in [4.69, 9.17) is 9.47 Å². The molecule has 0 aliphatic heterocycles. The van der Waals surface area contributed by atoms with Crippen molar-refractivity contribution in [3.8, 4) is 5.75 Å². The fraction of sp³-hybridized carbons (Fsp3) is 0.273. The van der Waals surface area contributed by atoms with Crippen molar-refractivity contribution in [1.82, 2.24) is 0 Å². The predicted molar refractivity (Wildman–Crippen MR) is 107 cm³/mol. The summed E-state index contributed by atoms with van der Waals surface area (Å²) in [4.78, 5) is 24.1. The molecule has 0 aliphatic carbocycles. The van der Waals surface area contributed by atoms with Gasteiger partial charge in [-0.05, 0) is 49.2 Å². The number of anilines is 1. The Morgan fingerprint density at radius 1 is 1.04 bits per heavy atom. The highest BCUT2D eigenvalue weighted by Crippen LogP contribution is 2.17. The fourth-order valence-corrected chi connectivity index (χ4v) is 2.33. The number of amides is 1. The molecule has 27 heavy (non-hydrogen) atoms. The molecule has 0 spiro atoms. The minimum absolute atomic E-state index is 0.277. The summed E-state index contributed by atoms with van der Waals surface area (Å²) in [6.07, 6.45) is 5.25.